The number of fused-ring (bicyclic) bond motifs is 7. The van der Waals surface area contributed by atoms with Gasteiger partial charge in [0.2, 0.25) is 0 Å². The van der Waals surface area contributed by atoms with E-state index in [4.69, 9.17) is 25.9 Å². The fraction of sp³-hybridized carbons (Fsp3) is 0.545. The van der Waals surface area contributed by atoms with Gasteiger partial charge in [0.25, 0.3) is 0 Å². The first kappa shape index (κ1) is 44.9. The number of carbonyl (C=O) groups excluding carboxylic acids is 1. The number of carbonyl (C=O) groups is 1. The maximum atomic E-state index is 17.5. The first-order chi connectivity index (χ1) is 30.4. The molecule has 21 heteroatoms. The van der Waals surface area contributed by atoms with E-state index in [0.29, 0.717) is 36.8 Å². The van der Waals surface area contributed by atoms with E-state index in [1.165, 1.54) is 23.1 Å². The van der Waals surface area contributed by atoms with Crippen LogP contribution in [0.1, 0.15) is 70.6 Å². The number of anilines is 1. The minimum absolute atomic E-state index is 0.0874. The second-order valence-corrected chi connectivity index (χ2v) is 18.4. The van der Waals surface area contributed by atoms with Crippen LogP contribution in [0, 0.1) is 24.0 Å². The van der Waals surface area contributed by atoms with E-state index >= 15 is 8.78 Å². The number of piperazine rings is 1. The van der Waals surface area contributed by atoms with E-state index in [2.05, 4.69) is 15.6 Å². The molecule has 0 N–H and O–H groups in total. The summed E-state index contributed by atoms with van der Waals surface area (Å²) in [5, 5.41) is 0.913. The average molecular weight is 927 g/mol. The van der Waals surface area contributed by atoms with Gasteiger partial charge in [-0.2, -0.15) is 49.5 Å². The Morgan fingerprint density at radius 3 is 2.29 bits per heavy atom. The molecule has 9 rings (SSSR count). The van der Waals surface area contributed by atoms with E-state index in [9.17, 15) is 44.3 Å². The molecule has 65 heavy (non-hydrogen) atoms. The van der Waals surface area contributed by atoms with Crippen LogP contribution in [0.2, 0.25) is 0 Å². The van der Waals surface area contributed by atoms with Crippen molar-refractivity contribution >= 4 is 33.6 Å². The average Bonchev–Trinajstić information content (AvgIpc) is 3.82. The molecule has 1 amide bonds. The van der Waals surface area contributed by atoms with Gasteiger partial charge in [-0.3, -0.25) is 9.80 Å². The van der Waals surface area contributed by atoms with Crippen LogP contribution in [-0.4, -0.2) is 117 Å². The van der Waals surface area contributed by atoms with Crippen LogP contribution in [0.4, 0.5) is 58.9 Å². The highest BCUT2D eigenvalue weighted by Crippen LogP contribution is 2.57. The molecular formula is C44H41F11N6O4. The van der Waals surface area contributed by atoms with Gasteiger partial charge in [-0.05, 0) is 83.7 Å². The highest BCUT2D eigenvalue weighted by Gasteiger charge is 2.86. The summed E-state index contributed by atoms with van der Waals surface area (Å²) in [4.78, 5) is 32.8. The fourth-order valence-electron chi connectivity index (χ4n) is 10.7. The summed E-state index contributed by atoms with van der Waals surface area (Å²) in [7, 11) is 0. The highest BCUT2D eigenvalue weighted by atomic mass is 19.4. The number of benzene rings is 2. The highest BCUT2D eigenvalue weighted by molar-refractivity contribution is 6.03. The van der Waals surface area contributed by atoms with Crippen molar-refractivity contribution in [1.29, 1.82) is 0 Å². The molecule has 5 aliphatic heterocycles. The lowest BCUT2D eigenvalue weighted by Gasteiger charge is -2.47. The lowest BCUT2D eigenvalue weighted by Crippen LogP contribution is -2.68. The monoisotopic (exact) mass is 926 g/mol. The van der Waals surface area contributed by atoms with E-state index < -0.39 is 90.7 Å². The van der Waals surface area contributed by atoms with E-state index in [1.807, 2.05) is 4.90 Å². The number of aryl methyl sites for hydroxylation is 1. The summed E-state index contributed by atoms with van der Waals surface area (Å²) in [6, 6.07) is 5.89. The number of hydrogen-bond acceptors (Lipinski definition) is 9. The molecule has 7 heterocycles. The van der Waals surface area contributed by atoms with Crippen LogP contribution >= 0.6 is 0 Å². The number of amides is 1. The normalized spacial score (nSPS) is 24.9. The number of ether oxygens (including phenoxy) is 3. The van der Waals surface area contributed by atoms with Gasteiger partial charge in [-0.15, -0.1) is 6.42 Å². The third-order valence-electron chi connectivity index (χ3n) is 13.3. The van der Waals surface area contributed by atoms with Gasteiger partial charge in [0.05, 0.1) is 46.4 Å². The molecule has 0 spiro atoms. The number of alkyl halides is 9. The van der Waals surface area contributed by atoms with Gasteiger partial charge in [0.1, 0.15) is 35.1 Å². The Morgan fingerprint density at radius 2 is 1.62 bits per heavy atom. The van der Waals surface area contributed by atoms with Gasteiger partial charge < -0.3 is 19.1 Å². The third-order valence-corrected chi connectivity index (χ3v) is 13.3. The standard InChI is InChI=1S/C44H41F11N6O4/c1-5-25-27(45)12-10-22-8-6-9-26(31(22)25)34-33(46)35-32-28(56-34)13-15-29-30-14-11-23(61(30)38(62)65-39(2,3)4)19-60(29)36(32)58-37(57-35)63-21-40-16-7-17-59(40)20-24(18-40)64-41(42(47,48)49,43(50,51)52)44(53,54)55/h1,6,8-10,12,23-24,29-30H,7,11,13-21H2,2-4H3/t23-,24-,29-,30+,40?/m1/s1. The van der Waals surface area contributed by atoms with Crippen molar-refractivity contribution in [2.24, 2.45) is 0 Å². The van der Waals surface area contributed by atoms with Crippen molar-refractivity contribution in [2.45, 2.75) is 125 Å². The first-order valence-electron chi connectivity index (χ1n) is 21.0. The smallest absolute Gasteiger partial charge is 0.435 e. The summed E-state index contributed by atoms with van der Waals surface area (Å²) >= 11 is 0. The Labute approximate surface area is 364 Å². The van der Waals surface area contributed by atoms with E-state index in [1.54, 1.807) is 37.8 Å². The quantitative estimate of drug-likeness (QED) is 0.139. The van der Waals surface area contributed by atoms with E-state index in [-0.39, 0.29) is 76.9 Å². The summed E-state index contributed by atoms with van der Waals surface area (Å²) in [5.41, 5.74) is -8.80. The molecule has 0 radical (unpaired) electrons. The maximum Gasteiger partial charge on any atom is 0.435 e. The number of halogens is 11. The van der Waals surface area contributed by atoms with Gasteiger partial charge in [0, 0.05) is 24.0 Å². The lowest BCUT2D eigenvalue weighted by molar-refractivity contribution is -0.463. The van der Waals surface area contributed by atoms with Gasteiger partial charge in [0.15, 0.2) is 5.82 Å². The second kappa shape index (κ2) is 15.2. The minimum Gasteiger partial charge on any atom is -0.461 e. The number of hydrogen-bond donors (Lipinski definition) is 0. The zero-order valence-electron chi connectivity index (χ0n) is 35.0. The molecule has 2 bridgehead atoms. The summed E-state index contributed by atoms with van der Waals surface area (Å²) in [5.74, 6) is 0.840. The van der Waals surface area contributed by atoms with Crippen molar-refractivity contribution in [2.75, 3.05) is 31.1 Å². The van der Waals surface area contributed by atoms with Crippen molar-refractivity contribution in [1.82, 2.24) is 24.8 Å². The molecule has 4 fully saturated rings. The summed E-state index contributed by atoms with van der Waals surface area (Å²) in [6.07, 6.45) is -16.1. The molecule has 2 aromatic carbocycles. The molecule has 1 unspecified atom stereocenters. The van der Waals surface area contributed by atoms with Crippen molar-refractivity contribution in [3.05, 3.63) is 53.2 Å². The topological polar surface area (TPSA) is 93.2 Å². The summed E-state index contributed by atoms with van der Waals surface area (Å²) < 4.78 is 174. The first-order valence-corrected chi connectivity index (χ1v) is 21.0. The van der Waals surface area contributed by atoms with Crippen LogP contribution in [-0.2, 0) is 15.9 Å². The number of nitrogens with zero attached hydrogens (tertiary/aromatic N) is 6. The van der Waals surface area contributed by atoms with Crippen molar-refractivity contribution in [3.63, 3.8) is 0 Å². The van der Waals surface area contributed by atoms with Gasteiger partial charge >= 0.3 is 36.2 Å². The third kappa shape index (κ3) is 7.15. The number of pyridine rings is 1. The number of terminal acetylenes is 1. The molecule has 4 aromatic rings. The zero-order valence-corrected chi connectivity index (χ0v) is 35.0. The summed E-state index contributed by atoms with van der Waals surface area (Å²) in [6.45, 7) is 4.33. The Balaban J connectivity index is 1.13. The Morgan fingerprint density at radius 1 is 0.892 bits per heavy atom. The Kier molecular flexibility index (Phi) is 10.5. The molecule has 2 aromatic heterocycles. The Hall–Kier alpha value is -5.23. The van der Waals surface area contributed by atoms with Crippen LogP contribution < -0.4 is 9.64 Å². The molecule has 4 saturated heterocycles. The van der Waals surface area contributed by atoms with Crippen LogP contribution in [0.15, 0.2) is 30.3 Å². The molecule has 5 atom stereocenters. The van der Waals surface area contributed by atoms with Gasteiger partial charge in [-0.1, -0.05) is 30.2 Å². The van der Waals surface area contributed by atoms with E-state index in [0.717, 1.165) is 0 Å². The minimum atomic E-state index is -6.91. The number of aromatic nitrogens is 3. The molecule has 10 nitrogen and oxygen atoms in total. The predicted octanol–water partition coefficient (Wildman–Crippen LogP) is 9.44. The SMILES string of the molecule is C#Cc1c(F)ccc2cccc(-c3nc4c5c(nc(OCC67CCCN6C[C@H](OC(C(F)(F)F)(C(F)(F)F)C(F)(F)F)C7)nc5c3F)N3C[C@H]5CC[C@@H]([C@H]3CC4)N5C(=O)OC(C)(C)C)c12. The Bertz CT molecular complexity index is 2590. The maximum absolute atomic E-state index is 17.5. The number of rotatable bonds is 6. The largest absolute Gasteiger partial charge is 0.461 e. The van der Waals surface area contributed by atoms with Crippen LogP contribution in [0.25, 0.3) is 32.9 Å². The molecule has 0 aliphatic carbocycles. The van der Waals surface area contributed by atoms with Gasteiger partial charge in [-0.25, -0.2) is 18.6 Å². The fourth-order valence-corrected chi connectivity index (χ4v) is 10.7. The van der Waals surface area contributed by atoms with Crippen LogP contribution in [0.3, 0.4) is 0 Å². The van der Waals surface area contributed by atoms with Crippen molar-refractivity contribution in [3.8, 4) is 29.6 Å². The molecular weight excluding hydrogens is 885 g/mol. The molecule has 0 saturated carbocycles. The molecule has 348 valence electrons. The predicted molar refractivity (Wildman–Crippen MR) is 212 cm³/mol. The second-order valence-electron chi connectivity index (χ2n) is 18.4. The van der Waals surface area contributed by atoms with Crippen LogP contribution in [0.5, 0.6) is 6.01 Å². The lowest BCUT2D eigenvalue weighted by atomic mass is 9.93. The zero-order chi connectivity index (χ0) is 46.8. The molecule has 5 aliphatic rings. The van der Waals surface area contributed by atoms with Crippen molar-refractivity contribution < 1.29 is 67.3 Å².